The summed E-state index contributed by atoms with van der Waals surface area (Å²) in [6.45, 7) is 2.87. The maximum atomic E-state index is 12.1. The fourth-order valence-electron chi connectivity index (χ4n) is 2.72. The Morgan fingerprint density at radius 3 is 2.53 bits per heavy atom. The number of anilines is 2. The number of hydrogen-bond donors (Lipinski definition) is 0. The van der Waals surface area contributed by atoms with Crippen LogP contribution in [0, 0.1) is 0 Å². The lowest BCUT2D eigenvalue weighted by Gasteiger charge is -2.22. The van der Waals surface area contributed by atoms with Crippen molar-refractivity contribution in [2.75, 3.05) is 11.4 Å². The molecule has 0 unspecified atom stereocenters. The highest BCUT2D eigenvalue weighted by Gasteiger charge is 2.22. The predicted octanol–water partition coefficient (Wildman–Crippen LogP) is 3.97. The van der Waals surface area contributed by atoms with Crippen LogP contribution in [-0.2, 0) is 6.42 Å². The molecule has 0 spiro atoms. The summed E-state index contributed by atoms with van der Waals surface area (Å²) in [7, 11) is 0. The second-order valence-electron chi connectivity index (χ2n) is 4.82. The summed E-state index contributed by atoms with van der Waals surface area (Å²) >= 11 is 0. The van der Waals surface area contributed by atoms with Crippen LogP contribution in [0.4, 0.5) is 11.4 Å². The van der Waals surface area contributed by atoms with E-state index in [1.807, 2.05) is 31.2 Å². The zero-order chi connectivity index (χ0) is 13.2. The smallest absolute Gasteiger partial charge is 0.164 e. The molecular weight excluding hydrogens is 234 g/mol. The summed E-state index contributed by atoms with van der Waals surface area (Å²) in [6.07, 6.45) is 1.59. The van der Waals surface area contributed by atoms with Gasteiger partial charge in [-0.15, -0.1) is 0 Å². The van der Waals surface area contributed by atoms with Crippen molar-refractivity contribution in [2.24, 2.45) is 0 Å². The molecule has 1 aliphatic heterocycles. The van der Waals surface area contributed by atoms with Crippen LogP contribution in [0.5, 0.6) is 0 Å². The first-order valence-electron chi connectivity index (χ1n) is 6.79. The van der Waals surface area contributed by atoms with E-state index in [9.17, 15) is 4.79 Å². The number of benzene rings is 2. The van der Waals surface area contributed by atoms with Crippen molar-refractivity contribution in [3.05, 3.63) is 59.7 Å². The number of rotatable bonds is 3. The highest BCUT2D eigenvalue weighted by Crippen LogP contribution is 2.36. The fraction of sp³-hybridized carbons (Fsp3) is 0.235. The first-order valence-corrected chi connectivity index (χ1v) is 6.79. The Hall–Kier alpha value is -2.09. The highest BCUT2D eigenvalue weighted by molar-refractivity contribution is 6.02. The number of para-hydroxylation sites is 2. The van der Waals surface area contributed by atoms with Crippen molar-refractivity contribution in [2.45, 2.75) is 19.8 Å². The van der Waals surface area contributed by atoms with E-state index < -0.39 is 0 Å². The topological polar surface area (TPSA) is 20.3 Å². The molecule has 2 heteroatoms. The summed E-state index contributed by atoms with van der Waals surface area (Å²) in [5.41, 5.74) is 4.47. The predicted molar refractivity (Wildman–Crippen MR) is 78.2 cm³/mol. The summed E-state index contributed by atoms with van der Waals surface area (Å²) in [6, 6.07) is 16.4. The molecule has 1 aliphatic rings. The van der Waals surface area contributed by atoms with E-state index >= 15 is 0 Å². The number of fused-ring (bicyclic) bond motifs is 1. The van der Waals surface area contributed by atoms with Gasteiger partial charge in [0.25, 0.3) is 0 Å². The fourth-order valence-corrected chi connectivity index (χ4v) is 2.72. The lowest BCUT2D eigenvalue weighted by Crippen LogP contribution is -2.16. The van der Waals surface area contributed by atoms with E-state index in [2.05, 4.69) is 29.2 Å². The van der Waals surface area contributed by atoms with Crippen LogP contribution in [0.2, 0.25) is 0 Å². The zero-order valence-corrected chi connectivity index (χ0v) is 11.1. The SMILES string of the molecule is CCC(=O)c1ccccc1N1CCc2ccccc21. The van der Waals surface area contributed by atoms with Crippen LogP contribution in [0.15, 0.2) is 48.5 Å². The largest absolute Gasteiger partial charge is 0.340 e. The molecule has 0 N–H and O–H groups in total. The third-order valence-corrected chi connectivity index (χ3v) is 3.70. The summed E-state index contributed by atoms with van der Waals surface area (Å²) in [4.78, 5) is 14.3. The van der Waals surface area contributed by atoms with Crippen molar-refractivity contribution < 1.29 is 4.79 Å². The number of Topliss-reactive ketones (excluding diaryl/α,β-unsaturated/α-hetero) is 1. The average Bonchev–Trinajstić information content (AvgIpc) is 2.90. The van der Waals surface area contributed by atoms with Crippen LogP contribution in [0.1, 0.15) is 29.3 Å². The van der Waals surface area contributed by atoms with Crippen molar-refractivity contribution in [1.29, 1.82) is 0 Å². The van der Waals surface area contributed by atoms with Crippen LogP contribution >= 0.6 is 0 Å². The van der Waals surface area contributed by atoms with E-state index in [1.54, 1.807) is 0 Å². The van der Waals surface area contributed by atoms with Gasteiger partial charge in [0.1, 0.15) is 0 Å². The van der Waals surface area contributed by atoms with Crippen molar-refractivity contribution in [1.82, 2.24) is 0 Å². The second kappa shape index (κ2) is 4.88. The van der Waals surface area contributed by atoms with E-state index in [1.165, 1.54) is 11.3 Å². The Labute approximate surface area is 113 Å². The number of nitrogens with zero attached hydrogens (tertiary/aromatic N) is 1. The van der Waals surface area contributed by atoms with Gasteiger partial charge < -0.3 is 4.90 Å². The van der Waals surface area contributed by atoms with Gasteiger partial charge in [-0.25, -0.2) is 0 Å². The van der Waals surface area contributed by atoms with Gasteiger partial charge in [-0.1, -0.05) is 37.3 Å². The molecule has 2 aromatic carbocycles. The number of carbonyl (C=O) groups excluding carboxylic acids is 1. The maximum absolute atomic E-state index is 12.1. The first-order chi connectivity index (χ1) is 9.31. The Morgan fingerprint density at radius 1 is 1.05 bits per heavy atom. The molecule has 96 valence electrons. The number of carbonyl (C=O) groups is 1. The van der Waals surface area contributed by atoms with Crippen LogP contribution < -0.4 is 4.90 Å². The molecular formula is C17H17NO. The molecule has 2 nitrogen and oxygen atoms in total. The van der Waals surface area contributed by atoms with Gasteiger partial charge in [-0.05, 0) is 30.2 Å². The standard InChI is InChI=1S/C17H17NO/c1-2-17(19)14-8-4-6-10-16(14)18-12-11-13-7-3-5-9-15(13)18/h3-10H,2,11-12H2,1H3. The third kappa shape index (κ3) is 2.03. The molecule has 0 aromatic heterocycles. The molecule has 0 saturated carbocycles. The normalized spacial score (nSPS) is 13.4. The van der Waals surface area contributed by atoms with Crippen LogP contribution in [0.3, 0.4) is 0 Å². The molecule has 2 aromatic rings. The van der Waals surface area contributed by atoms with Gasteiger partial charge in [0.15, 0.2) is 5.78 Å². The van der Waals surface area contributed by atoms with Gasteiger partial charge in [0.2, 0.25) is 0 Å². The van der Waals surface area contributed by atoms with Gasteiger partial charge in [-0.2, -0.15) is 0 Å². The first kappa shape index (κ1) is 12.0. The molecule has 0 atom stereocenters. The number of ketones is 1. The van der Waals surface area contributed by atoms with E-state index in [0.29, 0.717) is 6.42 Å². The average molecular weight is 251 g/mol. The molecule has 19 heavy (non-hydrogen) atoms. The summed E-state index contributed by atoms with van der Waals surface area (Å²) in [5.74, 6) is 0.208. The molecule has 0 radical (unpaired) electrons. The highest BCUT2D eigenvalue weighted by atomic mass is 16.1. The quantitative estimate of drug-likeness (QED) is 0.769. The van der Waals surface area contributed by atoms with Crippen LogP contribution in [-0.4, -0.2) is 12.3 Å². The lowest BCUT2D eigenvalue weighted by atomic mass is 10.1. The zero-order valence-electron chi connectivity index (χ0n) is 11.1. The van der Waals surface area contributed by atoms with Gasteiger partial charge in [-0.3, -0.25) is 4.79 Å². The Morgan fingerprint density at radius 2 is 1.74 bits per heavy atom. The van der Waals surface area contributed by atoms with E-state index in [0.717, 1.165) is 24.2 Å². The Bertz CT molecular complexity index is 618. The summed E-state index contributed by atoms with van der Waals surface area (Å²) in [5, 5.41) is 0. The van der Waals surface area contributed by atoms with E-state index in [4.69, 9.17) is 0 Å². The monoisotopic (exact) mass is 251 g/mol. The Balaban J connectivity index is 2.07. The molecule has 1 heterocycles. The van der Waals surface area contributed by atoms with Gasteiger partial charge in [0.05, 0.1) is 5.69 Å². The molecule has 0 amide bonds. The van der Waals surface area contributed by atoms with Crippen molar-refractivity contribution >= 4 is 17.2 Å². The minimum atomic E-state index is 0.208. The minimum Gasteiger partial charge on any atom is -0.340 e. The van der Waals surface area contributed by atoms with Crippen molar-refractivity contribution in [3.63, 3.8) is 0 Å². The second-order valence-corrected chi connectivity index (χ2v) is 4.82. The third-order valence-electron chi connectivity index (χ3n) is 3.70. The van der Waals surface area contributed by atoms with E-state index in [-0.39, 0.29) is 5.78 Å². The van der Waals surface area contributed by atoms with Crippen LogP contribution in [0.25, 0.3) is 0 Å². The summed E-state index contributed by atoms with van der Waals surface area (Å²) < 4.78 is 0. The van der Waals surface area contributed by atoms with Crippen molar-refractivity contribution in [3.8, 4) is 0 Å². The minimum absolute atomic E-state index is 0.208. The number of hydrogen-bond acceptors (Lipinski definition) is 2. The molecule has 0 saturated heterocycles. The molecule has 0 bridgehead atoms. The Kier molecular flexibility index (Phi) is 3.08. The maximum Gasteiger partial charge on any atom is 0.164 e. The molecule has 0 fully saturated rings. The van der Waals surface area contributed by atoms with Gasteiger partial charge in [0, 0.05) is 24.2 Å². The molecule has 0 aliphatic carbocycles. The molecule has 3 rings (SSSR count). The lowest BCUT2D eigenvalue weighted by molar-refractivity contribution is 0.0988. The van der Waals surface area contributed by atoms with Gasteiger partial charge >= 0.3 is 0 Å².